The van der Waals surface area contributed by atoms with Gasteiger partial charge in [-0.25, -0.2) is 8.42 Å². The molecule has 0 saturated heterocycles. The first-order valence-electron chi connectivity index (χ1n) is 13.6. The Morgan fingerprint density at radius 3 is 2.05 bits per heavy atom. The lowest BCUT2D eigenvalue weighted by Gasteiger charge is -2.34. The Balaban J connectivity index is 1.82. The summed E-state index contributed by atoms with van der Waals surface area (Å²) in [5.41, 5.74) is 1.46. The third-order valence-electron chi connectivity index (χ3n) is 6.75. The van der Waals surface area contributed by atoms with Crippen molar-refractivity contribution in [3.8, 4) is 0 Å². The van der Waals surface area contributed by atoms with Gasteiger partial charge in [0.2, 0.25) is 11.8 Å². The lowest BCUT2D eigenvalue weighted by atomic mass is 10.0. The fourth-order valence-corrected chi connectivity index (χ4v) is 6.93. The van der Waals surface area contributed by atoms with Gasteiger partial charge in [-0.2, -0.15) is 0 Å². The van der Waals surface area contributed by atoms with Gasteiger partial charge in [0.15, 0.2) is 0 Å². The van der Waals surface area contributed by atoms with Crippen LogP contribution in [0.5, 0.6) is 0 Å². The number of benzene rings is 4. The van der Waals surface area contributed by atoms with Crippen LogP contribution in [0.3, 0.4) is 0 Å². The summed E-state index contributed by atoms with van der Waals surface area (Å²) >= 11 is 25.0. The normalized spacial score (nSPS) is 11.9. The quantitative estimate of drug-likeness (QED) is 0.169. The van der Waals surface area contributed by atoms with E-state index in [-0.39, 0.29) is 33.6 Å². The summed E-state index contributed by atoms with van der Waals surface area (Å²) in [4.78, 5) is 29.3. The highest BCUT2D eigenvalue weighted by Gasteiger charge is 2.35. The largest absolute Gasteiger partial charge is 0.355 e. The van der Waals surface area contributed by atoms with Gasteiger partial charge in [0.25, 0.3) is 10.0 Å². The van der Waals surface area contributed by atoms with Gasteiger partial charge in [0, 0.05) is 24.5 Å². The first-order chi connectivity index (χ1) is 21.0. The van der Waals surface area contributed by atoms with Crippen molar-refractivity contribution in [2.24, 2.45) is 0 Å². The summed E-state index contributed by atoms with van der Waals surface area (Å²) in [5.74, 6) is -1.04. The van der Waals surface area contributed by atoms with E-state index in [4.69, 9.17) is 46.4 Å². The number of hydrogen-bond donors (Lipinski definition) is 1. The van der Waals surface area contributed by atoms with Gasteiger partial charge < -0.3 is 10.2 Å². The van der Waals surface area contributed by atoms with Crippen molar-refractivity contribution in [2.75, 3.05) is 17.4 Å². The summed E-state index contributed by atoms with van der Waals surface area (Å²) in [6, 6.07) is 25.2. The molecule has 4 aromatic rings. The summed E-state index contributed by atoms with van der Waals surface area (Å²) in [6.07, 6.45) is 0.173. The predicted octanol–water partition coefficient (Wildman–Crippen LogP) is 7.27. The summed E-state index contributed by atoms with van der Waals surface area (Å²) in [5, 5.41) is 3.75. The maximum absolute atomic E-state index is 14.4. The van der Waals surface area contributed by atoms with Crippen molar-refractivity contribution in [3.05, 3.63) is 128 Å². The molecule has 2 amide bonds. The maximum Gasteiger partial charge on any atom is 0.264 e. The van der Waals surface area contributed by atoms with Crippen molar-refractivity contribution in [3.63, 3.8) is 0 Å². The lowest BCUT2D eigenvalue weighted by molar-refractivity contribution is -0.140. The molecule has 0 bridgehead atoms. The molecule has 44 heavy (non-hydrogen) atoms. The Hall–Kier alpha value is -3.27. The molecule has 0 heterocycles. The van der Waals surface area contributed by atoms with Crippen LogP contribution in [0, 0.1) is 0 Å². The number of sulfonamides is 1. The molecule has 0 spiro atoms. The molecule has 0 radical (unpaired) electrons. The van der Waals surface area contributed by atoms with Gasteiger partial charge in [0.1, 0.15) is 12.6 Å². The van der Waals surface area contributed by atoms with Crippen LogP contribution in [-0.4, -0.2) is 44.3 Å². The van der Waals surface area contributed by atoms with Crippen molar-refractivity contribution < 1.29 is 18.0 Å². The average Bonchev–Trinajstić information content (AvgIpc) is 3.00. The minimum Gasteiger partial charge on any atom is -0.355 e. The van der Waals surface area contributed by atoms with Crippen LogP contribution < -0.4 is 9.62 Å². The highest BCUT2D eigenvalue weighted by atomic mass is 35.5. The summed E-state index contributed by atoms with van der Waals surface area (Å²) < 4.78 is 29.0. The van der Waals surface area contributed by atoms with Crippen LogP contribution in [-0.2, 0) is 32.6 Å². The minimum atomic E-state index is -4.30. The van der Waals surface area contributed by atoms with E-state index in [1.807, 2.05) is 30.3 Å². The van der Waals surface area contributed by atoms with Gasteiger partial charge in [-0.1, -0.05) is 101 Å². The van der Waals surface area contributed by atoms with Gasteiger partial charge in [-0.05, 0) is 60.5 Å². The molecule has 0 aromatic heterocycles. The molecule has 4 rings (SSSR count). The van der Waals surface area contributed by atoms with Crippen molar-refractivity contribution in [1.82, 2.24) is 10.2 Å². The van der Waals surface area contributed by atoms with E-state index in [2.05, 4.69) is 5.32 Å². The summed E-state index contributed by atoms with van der Waals surface area (Å²) in [6.45, 7) is 1.38. The number of hydrogen-bond acceptors (Lipinski definition) is 4. The Bertz CT molecular complexity index is 1720. The zero-order valence-electron chi connectivity index (χ0n) is 23.6. The zero-order valence-corrected chi connectivity index (χ0v) is 27.4. The number of rotatable bonds is 12. The van der Waals surface area contributed by atoms with E-state index in [0.717, 1.165) is 9.87 Å². The molecule has 4 aromatic carbocycles. The number of amides is 2. The first-order valence-corrected chi connectivity index (χ1v) is 16.5. The molecule has 230 valence electrons. The molecule has 12 heteroatoms. The molecule has 0 fully saturated rings. The van der Waals surface area contributed by atoms with Crippen LogP contribution in [0.1, 0.15) is 18.1 Å². The molecule has 0 aliphatic rings. The first kappa shape index (κ1) is 33.6. The SMILES string of the molecule is CCNC(=O)C(Cc1ccccc1)N(Cc1ccc(Cl)c(Cl)c1)C(=O)CN(c1ccc(Cl)cc1Cl)S(=O)(=O)c1ccccc1. The molecular weight excluding hydrogens is 664 g/mol. The van der Waals surface area contributed by atoms with Crippen molar-refractivity contribution >= 4 is 73.9 Å². The molecule has 1 N–H and O–H groups in total. The fourth-order valence-electron chi connectivity index (χ4n) is 4.60. The lowest BCUT2D eigenvalue weighted by Crippen LogP contribution is -2.53. The van der Waals surface area contributed by atoms with Gasteiger partial charge in [0.05, 0.1) is 25.7 Å². The van der Waals surface area contributed by atoms with E-state index < -0.39 is 34.4 Å². The van der Waals surface area contributed by atoms with E-state index >= 15 is 0 Å². The zero-order chi connectivity index (χ0) is 31.9. The minimum absolute atomic E-state index is 0.0328. The Morgan fingerprint density at radius 2 is 1.43 bits per heavy atom. The summed E-state index contributed by atoms with van der Waals surface area (Å²) in [7, 11) is -4.30. The van der Waals surface area contributed by atoms with Gasteiger partial charge >= 0.3 is 0 Å². The van der Waals surface area contributed by atoms with Crippen molar-refractivity contribution in [2.45, 2.75) is 30.8 Å². The number of carbonyl (C=O) groups is 2. The second kappa shape index (κ2) is 15.1. The molecule has 1 unspecified atom stereocenters. The van der Waals surface area contributed by atoms with E-state index in [1.165, 1.54) is 35.2 Å². The Kier molecular flexibility index (Phi) is 11.6. The Morgan fingerprint density at radius 1 is 0.773 bits per heavy atom. The topological polar surface area (TPSA) is 86.8 Å². The molecule has 0 saturated carbocycles. The Labute approximate surface area is 277 Å². The smallest absolute Gasteiger partial charge is 0.264 e. The molecule has 0 aliphatic heterocycles. The van der Waals surface area contributed by atoms with E-state index in [9.17, 15) is 18.0 Å². The number of likely N-dealkylation sites (N-methyl/N-ethyl adjacent to an activating group) is 1. The van der Waals surface area contributed by atoms with Crippen LogP contribution >= 0.6 is 46.4 Å². The van der Waals surface area contributed by atoms with E-state index in [0.29, 0.717) is 22.2 Å². The molecule has 1 atom stereocenters. The average molecular weight is 693 g/mol. The number of nitrogens with one attached hydrogen (secondary N) is 1. The molecule has 0 aliphatic carbocycles. The van der Waals surface area contributed by atoms with Gasteiger partial charge in [-0.3, -0.25) is 13.9 Å². The molecular formula is C32H29Cl4N3O4S. The number of nitrogens with zero attached hydrogens (tertiary/aromatic N) is 2. The van der Waals surface area contributed by atoms with Gasteiger partial charge in [-0.15, -0.1) is 0 Å². The van der Waals surface area contributed by atoms with Crippen molar-refractivity contribution in [1.29, 1.82) is 0 Å². The molecule has 7 nitrogen and oxygen atoms in total. The monoisotopic (exact) mass is 691 g/mol. The third-order valence-corrected chi connectivity index (χ3v) is 9.80. The number of anilines is 1. The number of carbonyl (C=O) groups excluding carboxylic acids is 2. The maximum atomic E-state index is 14.4. The van der Waals surface area contributed by atoms with E-state index in [1.54, 1.807) is 43.3 Å². The fraction of sp³-hybridized carbons (Fsp3) is 0.188. The van der Waals surface area contributed by atoms with Crippen LogP contribution in [0.4, 0.5) is 5.69 Å². The highest BCUT2D eigenvalue weighted by molar-refractivity contribution is 7.92. The third kappa shape index (κ3) is 8.25. The highest BCUT2D eigenvalue weighted by Crippen LogP contribution is 2.33. The van der Waals surface area contributed by atoms with Crippen LogP contribution in [0.2, 0.25) is 20.1 Å². The number of halogens is 4. The van der Waals surface area contributed by atoms with Crippen LogP contribution in [0.15, 0.2) is 102 Å². The second-order valence-corrected chi connectivity index (χ2v) is 13.3. The standard InChI is InChI=1S/C32H29Cl4N3O4S/c1-2-37-32(41)30(18-22-9-5-3-6-10-22)38(20-23-13-15-26(34)27(35)17-23)31(40)21-39(29-16-14-24(33)19-28(29)36)44(42,43)25-11-7-4-8-12-25/h3-17,19,30H,2,18,20-21H2,1H3,(H,37,41). The second-order valence-electron chi connectivity index (χ2n) is 9.79. The predicted molar refractivity (Wildman–Crippen MR) is 177 cm³/mol. The van der Waals surface area contributed by atoms with Crippen LogP contribution in [0.25, 0.3) is 0 Å².